The molecule has 0 radical (unpaired) electrons. The summed E-state index contributed by atoms with van der Waals surface area (Å²) in [7, 11) is 4.00. The molecule has 0 bridgehead atoms. The second-order valence-electron chi connectivity index (χ2n) is 3.91. The monoisotopic (exact) mass is 173 g/mol. The molecule has 1 N–H and O–H groups in total. The molecule has 0 aromatic heterocycles. The van der Waals surface area contributed by atoms with Crippen molar-refractivity contribution in [2.75, 3.05) is 14.1 Å². The third-order valence-corrected chi connectivity index (χ3v) is 2.56. The van der Waals surface area contributed by atoms with Crippen LogP contribution in [0.1, 0.15) is 20.3 Å². The number of nitrogens with zero attached hydrogens (tertiary/aromatic N) is 1. The summed E-state index contributed by atoms with van der Waals surface area (Å²) in [6.07, 6.45) is 0.784. The molecule has 0 unspecified atom stereocenters. The highest BCUT2D eigenvalue weighted by atomic mass is 16.5. The molecule has 72 valence electrons. The van der Waals surface area contributed by atoms with E-state index in [4.69, 9.17) is 4.74 Å². The van der Waals surface area contributed by atoms with Gasteiger partial charge in [-0.05, 0) is 34.4 Å². The molecule has 0 aromatic carbocycles. The van der Waals surface area contributed by atoms with E-state index < -0.39 is 0 Å². The van der Waals surface area contributed by atoms with Crippen molar-refractivity contribution in [1.29, 1.82) is 0 Å². The van der Waals surface area contributed by atoms with Gasteiger partial charge in [-0.2, -0.15) is 0 Å². The van der Waals surface area contributed by atoms with E-state index in [0.717, 1.165) is 6.42 Å². The first-order chi connectivity index (χ1) is 5.52. The first-order valence-corrected chi connectivity index (χ1v) is 4.52. The number of ether oxygens (including phenoxy) is 1. The molecule has 0 aromatic rings. The second-order valence-corrected chi connectivity index (χ2v) is 3.91. The van der Waals surface area contributed by atoms with Gasteiger partial charge in [-0.1, -0.05) is 0 Å². The van der Waals surface area contributed by atoms with Crippen LogP contribution in [-0.2, 0) is 4.74 Å². The van der Waals surface area contributed by atoms with Crippen LogP contribution in [0.2, 0.25) is 0 Å². The van der Waals surface area contributed by atoms with E-state index in [1.807, 2.05) is 21.0 Å². The van der Waals surface area contributed by atoms with Crippen LogP contribution in [0.5, 0.6) is 0 Å². The maximum Gasteiger partial charge on any atom is 0.0954 e. The van der Waals surface area contributed by atoms with Crippen molar-refractivity contribution >= 4 is 0 Å². The summed E-state index contributed by atoms with van der Waals surface area (Å²) in [4.78, 5) is 2.07. The maximum atomic E-state index is 9.76. The van der Waals surface area contributed by atoms with Gasteiger partial charge in [0.05, 0.1) is 18.3 Å². The fraction of sp³-hybridized carbons (Fsp3) is 1.00. The third-order valence-electron chi connectivity index (χ3n) is 2.56. The molecule has 0 amide bonds. The molecular weight excluding hydrogens is 154 g/mol. The Kier molecular flexibility index (Phi) is 3.09. The zero-order chi connectivity index (χ0) is 9.30. The summed E-state index contributed by atoms with van der Waals surface area (Å²) in [6.45, 7) is 3.98. The van der Waals surface area contributed by atoms with Gasteiger partial charge >= 0.3 is 0 Å². The minimum absolute atomic E-state index is 0.0406. The van der Waals surface area contributed by atoms with Crippen molar-refractivity contribution in [2.24, 2.45) is 0 Å². The average molecular weight is 173 g/mol. The number of hydrogen-bond acceptors (Lipinski definition) is 3. The molecule has 1 aliphatic heterocycles. The van der Waals surface area contributed by atoms with E-state index in [1.54, 1.807) is 0 Å². The van der Waals surface area contributed by atoms with E-state index >= 15 is 0 Å². The fourth-order valence-corrected chi connectivity index (χ4v) is 1.81. The lowest BCUT2D eigenvalue weighted by molar-refractivity contribution is -0.134. The maximum absolute atomic E-state index is 9.76. The fourth-order valence-electron chi connectivity index (χ4n) is 1.81. The van der Waals surface area contributed by atoms with Gasteiger partial charge < -0.3 is 14.7 Å². The number of hydrogen-bond donors (Lipinski definition) is 1. The van der Waals surface area contributed by atoms with Gasteiger partial charge in [0.25, 0.3) is 0 Å². The van der Waals surface area contributed by atoms with Crippen LogP contribution in [0.25, 0.3) is 0 Å². The molecule has 3 heteroatoms. The van der Waals surface area contributed by atoms with Crippen LogP contribution in [0.4, 0.5) is 0 Å². The Hall–Kier alpha value is -0.120. The molecule has 1 aliphatic rings. The first-order valence-electron chi connectivity index (χ1n) is 4.52. The van der Waals surface area contributed by atoms with E-state index in [-0.39, 0.29) is 24.4 Å². The summed E-state index contributed by atoms with van der Waals surface area (Å²) in [5.41, 5.74) is 0. The summed E-state index contributed by atoms with van der Waals surface area (Å²) < 4.78 is 5.50. The van der Waals surface area contributed by atoms with Crippen molar-refractivity contribution in [1.82, 2.24) is 4.90 Å². The molecule has 12 heavy (non-hydrogen) atoms. The van der Waals surface area contributed by atoms with Crippen LogP contribution >= 0.6 is 0 Å². The predicted molar refractivity (Wildman–Crippen MR) is 48.1 cm³/mol. The molecule has 3 nitrogen and oxygen atoms in total. The van der Waals surface area contributed by atoms with Gasteiger partial charge in [-0.15, -0.1) is 0 Å². The van der Waals surface area contributed by atoms with Gasteiger partial charge in [-0.3, -0.25) is 0 Å². The molecule has 0 aliphatic carbocycles. The van der Waals surface area contributed by atoms with E-state index in [0.29, 0.717) is 0 Å². The second kappa shape index (κ2) is 3.73. The first kappa shape index (κ1) is 9.96. The lowest BCUT2D eigenvalue weighted by Crippen LogP contribution is -2.52. The Balaban J connectivity index is 2.60. The van der Waals surface area contributed by atoms with E-state index in [1.165, 1.54) is 0 Å². The van der Waals surface area contributed by atoms with Crippen LogP contribution in [-0.4, -0.2) is 48.5 Å². The number of rotatable bonds is 1. The standard InChI is InChI=1S/C9H19NO2/c1-6-5-8(10(3)4)9(11)7(2)12-6/h6-9,11H,5H2,1-4H3/t6-,7+,8+,9+/m0/s1. The molecule has 1 rings (SSSR count). The smallest absolute Gasteiger partial charge is 0.0954 e. The molecule has 4 atom stereocenters. The van der Waals surface area contributed by atoms with Gasteiger partial charge in [0, 0.05) is 6.04 Å². The van der Waals surface area contributed by atoms with Crippen molar-refractivity contribution in [3.8, 4) is 0 Å². The largest absolute Gasteiger partial charge is 0.389 e. The van der Waals surface area contributed by atoms with Crippen molar-refractivity contribution in [2.45, 2.75) is 44.6 Å². The van der Waals surface area contributed by atoms with Crippen molar-refractivity contribution in [3.05, 3.63) is 0 Å². The minimum Gasteiger partial charge on any atom is -0.389 e. The molecular formula is C9H19NO2. The Morgan fingerprint density at radius 2 is 1.92 bits per heavy atom. The number of aliphatic hydroxyl groups excluding tert-OH is 1. The average Bonchev–Trinajstić information content (AvgIpc) is 1.96. The predicted octanol–water partition coefficient (Wildman–Crippen LogP) is 0.475. The van der Waals surface area contributed by atoms with Gasteiger partial charge in [-0.25, -0.2) is 0 Å². The zero-order valence-electron chi connectivity index (χ0n) is 8.32. The quantitative estimate of drug-likeness (QED) is 0.626. The summed E-state index contributed by atoms with van der Waals surface area (Å²) in [5, 5.41) is 9.76. The zero-order valence-corrected chi connectivity index (χ0v) is 8.32. The highest BCUT2D eigenvalue weighted by molar-refractivity contribution is 4.86. The van der Waals surface area contributed by atoms with Crippen LogP contribution in [0.3, 0.4) is 0 Å². The van der Waals surface area contributed by atoms with Crippen LogP contribution < -0.4 is 0 Å². The third kappa shape index (κ3) is 1.97. The Bertz CT molecular complexity index is 149. The lowest BCUT2D eigenvalue weighted by Gasteiger charge is -2.40. The van der Waals surface area contributed by atoms with Crippen molar-refractivity contribution < 1.29 is 9.84 Å². The lowest BCUT2D eigenvalue weighted by atomic mass is 9.96. The summed E-state index contributed by atoms with van der Waals surface area (Å²) in [5.74, 6) is 0. The van der Waals surface area contributed by atoms with E-state index in [2.05, 4.69) is 11.8 Å². The van der Waals surface area contributed by atoms with Crippen molar-refractivity contribution in [3.63, 3.8) is 0 Å². The Labute approximate surface area is 74.3 Å². The Morgan fingerprint density at radius 3 is 2.42 bits per heavy atom. The Morgan fingerprint density at radius 1 is 1.33 bits per heavy atom. The van der Waals surface area contributed by atoms with Crippen LogP contribution in [0.15, 0.2) is 0 Å². The van der Waals surface area contributed by atoms with E-state index in [9.17, 15) is 5.11 Å². The molecule has 1 saturated heterocycles. The molecule has 0 saturated carbocycles. The van der Waals surface area contributed by atoms with Gasteiger partial charge in [0.15, 0.2) is 0 Å². The summed E-state index contributed by atoms with van der Waals surface area (Å²) >= 11 is 0. The number of likely N-dealkylation sites (N-methyl/N-ethyl adjacent to an activating group) is 1. The number of aliphatic hydroxyl groups is 1. The highest BCUT2D eigenvalue weighted by Crippen LogP contribution is 2.22. The minimum atomic E-state index is -0.351. The normalized spacial score (nSPS) is 43.5. The SMILES string of the molecule is C[C@H]1C[C@@H](N(C)C)[C@H](O)[C@@H](C)O1. The molecule has 1 fully saturated rings. The van der Waals surface area contributed by atoms with Gasteiger partial charge in [0.2, 0.25) is 0 Å². The topological polar surface area (TPSA) is 32.7 Å². The van der Waals surface area contributed by atoms with Crippen LogP contribution in [0, 0.1) is 0 Å². The highest BCUT2D eigenvalue weighted by Gasteiger charge is 2.34. The summed E-state index contributed by atoms with van der Waals surface area (Å²) in [6, 6.07) is 0.240. The molecule has 0 spiro atoms. The molecule has 1 heterocycles. The van der Waals surface area contributed by atoms with Gasteiger partial charge in [0.1, 0.15) is 0 Å².